The first kappa shape index (κ1) is 34.3. The highest BCUT2D eigenvalue weighted by Gasteiger charge is 2.18. The lowest BCUT2D eigenvalue weighted by Gasteiger charge is -2.26. The van der Waals surface area contributed by atoms with E-state index in [0.29, 0.717) is 55.9 Å². The van der Waals surface area contributed by atoms with Gasteiger partial charge in [0, 0.05) is 52.4 Å². The molecule has 0 atom stereocenters. The highest BCUT2D eigenvalue weighted by Crippen LogP contribution is 2.22. The van der Waals surface area contributed by atoms with E-state index in [9.17, 15) is 0 Å². The van der Waals surface area contributed by atoms with Crippen molar-refractivity contribution >= 4 is 41.3 Å². The third-order valence-electron chi connectivity index (χ3n) is 7.91. The van der Waals surface area contributed by atoms with Crippen molar-refractivity contribution in [3.63, 3.8) is 0 Å². The zero-order valence-corrected chi connectivity index (χ0v) is 28.9. The van der Waals surface area contributed by atoms with E-state index in [1.165, 1.54) is 11.1 Å². The lowest BCUT2D eigenvalue weighted by molar-refractivity contribution is 0.743. The van der Waals surface area contributed by atoms with E-state index in [2.05, 4.69) is 130 Å². The van der Waals surface area contributed by atoms with E-state index in [4.69, 9.17) is 26.6 Å². The van der Waals surface area contributed by atoms with Crippen LogP contribution in [0.15, 0.2) is 84.9 Å². The van der Waals surface area contributed by atoms with Gasteiger partial charge in [-0.05, 0) is 61.5 Å². The zero-order chi connectivity index (χ0) is 33.7. The van der Waals surface area contributed by atoms with Gasteiger partial charge in [0.05, 0.1) is 0 Å². The lowest BCUT2D eigenvalue weighted by Crippen LogP contribution is -2.29. The van der Waals surface area contributed by atoms with Gasteiger partial charge in [-0.15, -0.1) is 0 Å². The Morgan fingerprint density at radius 3 is 1.38 bits per heavy atom. The molecule has 0 radical (unpaired) electrons. The topological polar surface area (TPSA) is 111 Å². The molecule has 5 rings (SSSR count). The molecule has 0 spiro atoms. The van der Waals surface area contributed by atoms with Crippen molar-refractivity contribution in [3.05, 3.63) is 112 Å². The first-order chi connectivity index (χ1) is 23.5. The summed E-state index contributed by atoms with van der Waals surface area (Å²) in [6.45, 7) is 13.9. The maximum Gasteiger partial charge on any atom is 0.232 e. The number of halogens is 1. The highest BCUT2D eigenvalue weighted by molar-refractivity contribution is 6.28. The normalized spacial score (nSPS) is 10.9. The van der Waals surface area contributed by atoms with E-state index in [-0.39, 0.29) is 5.28 Å². The molecule has 12 heteroatoms. The molecule has 2 heterocycles. The van der Waals surface area contributed by atoms with E-state index in [0.717, 1.165) is 37.3 Å². The summed E-state index contributed by atoms with van der Waals surface area (Å²) >= 11 is 6.22. The van der Waals surface area contributed by atoms with Crippen LogP contribution < -0.4 is 25.3 Å². The minimum absolute atomic E-state index is 0.166. The highest BCUT2D eigenvalue weighted by atomic mass is 35.5. The quantitative estimate of drug-likeness (QED) is 0.109. The van der Waals surface area contributed by atoms with Gasteiger partial charge in [-0.3, -0.25) is 0 Å². The molecule has 0 bridgehead atoms. The average molecular weight is 666 g/mol. The molecule has 250 valence electrons. The summed E-state index contributed by atoms with van der Waals surface area (Å²) in [5.41, 5.74) is 4.53. The van der Waals surface area contributed by atoms with Gasteiger partial charge in [-0.2, -0.15) is 29.9 Å². The molecule has 48 heavy (non-hydrogen) atoms. The SMILES string of the molecule is CCN(CC)c1nc(Cl)nc(NCc2cccc(CNc3nc(N(CC)CC)nc(N(Cc4ccccc4)Cc4ccccc4)n3)c2)n1. The predicted molar refractivity (Wildman–Crippen MR) is 196 cm³/mol. The molecule has 0 fully saturated rings. The van der Waals surface area contributed by atoms with Crippen molar-refractivity contribution in [1.29, 1.82) is 0 Å². The molecule has 0 unspecified atom stereocenters. The second kappa shape index (κ2) is 17.2. The second-order valence-corrected chi connectivity index (χ2v) is 11.5. The fourth-order valence-electron chi connectivity index (χ4n) is 5.31. The van der Waals surface area contributed by atoms with Crippen LogP contribution in [-0.2, 0) is 26.2 Å². The van der Waals surface area contributed by atoms with Crippen molar-refractivity contribution in [2.75, 3.05) is 51.5 Å². The van der Waals surface area contributed by atoms with Gasteiger partial charge in [-0.25, -0.2) is 0 Å². The number of nitrogens with one attached hydrogen (secondary N) is 2. The number of aromatic nitrogens is 6. The molecule has 0 aliphatic carbocycles. The Labute approximate surface area is 288 Å². The van der Waals surface area contributed by atoms with Gasteiger partial charge in [0.25, 0.3) is 0 Å². The van der Waals surface area contributed by atoms with Crippen LogP contribution in [0.2, 0.25) is 5.28 Å². The summed E-state index contributed by atoms with van der Waals surface area (Å²) in [5.74, 6) is 2.81. The maximum atomic E-state index is 6.22. The number of benzene rings is 3. The van der Waals surface area contributed by atoms with Crippen LogP contribution in [0.5, 0.6) is 0 Å². The fraction of sp³-hybridized carbons (Fsp3) is 0.333. The van der Waals surface area contributed by atoms with Crippen molar-refractivity contribution in [2.24, 2.45) is 0 Å². The fourth-order valence-corrected chi connectivity index (χ4v) is 5.46. The van der Waals surface area contributed by atoms with Gasteiger partial charge in [-0.1, -0.05) is 84.9 Å². The molecular weight excluding hydrogens is 622 g/mol. The van der Waals surface area contributed by atoms with Crippen molar-refractivity contribution in [3.8, 4) is 0 Å². The third kappa shape index (κ3) is 9.51. The average Bonchev–Trinajstić information content (AvgIpc) is 3.11. The van der Waals surface area contributed by atoms with Gasteiger partial charge in [0.2, 0.25) is 35.0 Å². The Balaban J connectivity index is 1.35. The van der Waals surface area contributed by atoms with Crippen LogP contribution in [0.4, 0.5) is 29.7 Å². The van der Waals surface area contributed by atoms with Crippen LogP contribution in [0, 0.1) is 0 Å². The smallest absolute Gasteiger partial charge is 0.232 e. The van der Waals surface area contributed by atoms with E-state index in [1.807, 2.05) is 23.1 Å². The molecule has 2 aromatic heterocycles. The molecule has 0 saturated carbocycles. The summed E-state index contributed by atoms with van der Waals surface area (Å²) in [6.07, 6.45) is 0. The maximum absolute atomic E-state index is 6.22. The van der Waals surface area contributed by atoms with Crippen molar-refractivity contribution < 1.29 is 0 Å². The molecule has 2 N–H and O–H groups in total. The van der Waals surface area contributed by atoms with Crippen LogP contribution in [-0.4, -0.2) is 56.1 Å². The summed E-state index contributed by atoms with van der Waals surface area (Å²) < 4.78 is 0. The second-order valence-electron chi connectivity index (χ2n) is 11.2. The standard InChI is InChI=1S/C36H44ClN11/c1-5-46(6-2)34-41-31(37)40-32(42-34)38-23-29-20-15-21-30(22-29)24-39-33-43-35(47(7-3)8-4)45-36(44-33)48(25-27-16-11-9-12-17-27)26-28-18-13-10-14-19-28/h9-22H,5-8,23-26H2,1-4H3,(H,38,40,41,42)(H,39,43,44,45). The Kier molecular flexibility index (Phi) is 12.3. The molecule has 3 aromatic carbocycles. The molecule has 0 aliphatic rings. The monoisotopic (exact) mass is 665 g/mol. The minimum Gasteiger partial charge on any atom is -0.350 e. The van der Waals surface area contributed by atoms with Crippen LogP contribution in [0.3, 0.4) is 0 Å². The Hall–Kier alpha value is -5.03. The number of anilines is 5. The number of rotatable bonds is 17. The van der Waals surface area contributed by atoms with Gasteiger partial charge in [0.15, 0.2) is 0 Å². The molecule has 5 aromatic rings. The predicted octanol–water partition coefficient (Wildman–Crippen LogP) is 6.83. The van der Waals surface area contributed by atoms with Gasteiger partial charge in [0.1, 0.15) is 0 Å². The molecule has 0 amide bonds. The largest absolute Gasteiger partial charge is 0.350 e. The third-order valence-corrected chi connectivity index (χ3v) is 8.08. The molecular formula is C36H44ClN11. The van der Waals surface area contributed by atoms with Gasteiger partial charge < -0.3 is 25.3 Å². The number of hydrogen-bond donors (Lipinski definition) is 2. The van der Waals surface area contributed by atoms with Crippen molar-refractivity contribution in [1.82, 2.24) is 29.9 Å². The Morgan fingerprint density at radius 2 is 0.896 bits per heavy atom. The summed E-state index contributed by atoms with van der Waals surface area (Å²) in [5, 5.41) is 6.94. The molecule has 11 nitrogen and oxygen atoms in total. The summed E-state index contributed by atoms with van der Waals surface area (Å²) in [7, 11) is 0. The minimum atomic E-state index is 0.166. The van der Waals surface area contributed by atoms with Crippen LogP contribution >= 0.6 is 11.6 Å². The van der Waals surface area contributed by atoms with E-state index < -0.39 is 0 Å². The van der Waals surface area contributed by atoms with Crippen LogP contribution in [0.25, 0.3) is 0 Å². The molecule has 0 aliphatic heterocycles. The number of hydrogen-bond acceptors (Lipinski definition) is 11. The lowest BCUT2D eigenvalue weighted by atomic mass is 10.1. The number of nitrogens with zero attached hydrogens (tertiary/aromatic N) is 9. The van der Waals surface area contributed by atoms with Crippen LogP contribution in [0.1, 0.15) is 49.9 Å². The van der Waals surface area contributed by atoms with Crippen molar-refractivity contribution in [2.45, 2.75) is 53.9 Å². The summed E-state index contributed by atoms with van der Waals surface area (Å²) in [4.78, 5) is 34.3. The molecule has 0 saturated heterocycles. The van der Waals surface area contributed by atoms with E-state index in [1.54, 1.807) is 0 Å². The summed E-state index contributed by atoms with van der Waals surface area (Å²) in [6, 6.07) is 29.1. The first-order valence-corrected chi connectivity index (χ1v) is 16.9. The Morgan fingerprint density at radius 1 is 0.479 bits per heavy atom. The van der Waals surface area contributed by atoms with E-state index >= 15 is 0 Å². The first-order valence-electron chi connectivity index (χ1n) is 16.5. The zero-order valence-electron chi connectivity index (χ0n) is 28.1. The van der Waals surface area contributed by atoms with Gasteiger partial charge >= 0.3 is 0 Å². The Bertz CT molecular complexity index is 1670.